The molecule has 25 heavy (non-hydrogen) atoms. The van der Waals surface area contributed by atoms with E-state index < -0.39 is 0 Å². The molecule has 0 aliphatic carbocycles. The van der Waals surface area contributed by atoms with E-state index in [0.717, 1.165) is 16.8 Å². The highest BCUT2D eigenvalue weighted by Crippen LogP contribution is 2.22. The van der Waals surface area contributed by atoms with Crippen molar-refractivity contribution in [2.75, 3.05) is 11.6 Å². The summed E-state index contributed by atoms with van der Waals surface area (Å²) < 4.78 is 1.46. The molecule has 0 radical (unpaired) electrons. The van der Waals surface area contributed by atoms with Gasteiger partial charge >= 0.3 is 0 Å². The topological polar surface area (TPSA) is 72.9 Å². The molecule has 5 nitrogen and oxygen atoms in total. The van der Waals surface area contributed by atoms with E-state index in [0.29, 0.717) is 5.16 Å². The first kappa shape index (κ1) is 17.1. The zero-order valence-electron chi connectivity index (χ0n) is 13.9. The Hall–Kier alpha value is -2.73. The molecule has 3 aromatic rings. The third kappa shape index (κ3) is 4.42. The van der Waals surface area contributed by atoms with Gasteiger partial charge in [-0.25, -0.2) is 9.66 Å². The maximum atomic E-state index is 12.2. The van der Waals surface area contributed by atoms with Gasteiger partial charge in [-0.05, 0) is 12.5 Å². The van der Waals surface area contributed by atoms with Gasteiger partial charge in [0, 0.05) is 5.56 Å². The number of rotatable bonds is 6. The summed E-state index contributed by atoms with van der Waals surface area (Å²) in [5.74, 6) is 6.17. The SMILES string of the molecule is CC(NC(=O)CSc1nc(-c2ccccc2)cn1N)c1ccccc1. The van der Waals surface area contributed by atoms with Crippen molar-refractivity contribution in [2.45, 2.75) is 18.1 Å². The Kier molecular flexibility index (Phi) is 5.40. The smallest absolute Gasteiger partial charge is 0.230 e. The van der Waals surface area contributed by atoms with Crippen molar-refractivity contribution in [3.05, 3.63) is 72.4 Å². The van der Waals surface area contributed by atoms with E-state index in [9.17, 15) is 4.79 Å². The molecule has 0 aliphatic rings. The van der Waals surface area contributed by atoms with Crippen LogP contribution in [0.3, 0.4) is 0 Å². The van der Waals surface area contributed by atoms with E-state index >= 15 is 0 Å². The maximum Gasteiger partial charge on any atom is 0.230 e. The Morgan fingerprint density at radius 1 is 1.16 bits per heavy atom. The highest BCUT2D eigenvalue weighted by Gasteiger charge is 2.13. The fourth-order valence-electron chi connectivity index (χ4n) is 2.47. The fourth-order valence-corrected chi connectivity index (χ4v) is 3.18. The van der Waals surface area contributed by atoms with Crippen LogP contribution < -0.4 is 11.2 Å². The summed E-state index contributed by atoms with van der Waals surface area (Å²) in [6.07, 6.45) is 1.77. The lowest BCUT2D eigenvalue weighted by molar-refractivity contribution is -0.119. The largest absolute Gasteiger partial charge is 0.349 e. The van der Waals surface area contributed by atoms with E-state index in [1.165, 1.54) is 16.4 Å². The molecule has 1 aromatic heterocycles. The number of carbonyl (C=O) groups excluding carboxylic acids is 1. The summed E-state index contributed by atoms with van der Waals surface area (Å²) in [7, 11) is 0. The number of nitrogen functional groups attached to an aromatic ring is 1. The monoisotopic (exact) mass is 352 g/mol. The molecule has 0 spiro atoms. The first-order valence-electron chi connectivity index (χ1n) is 8.00. The lowest BCUT2D eigenvalue weighted by Gasteiger charge is -2.13. The average molecular weight is 352 g/mol. The van der Waals surface area contributed by atoms with Gasteiger partial charge in [-0.2, -0.15) is 0 Å². The minimum absolute atomic E-state index is 0.0354. The van der Waals surface area contributed by atoms with Crippen molar-refractivity contribution in [3.8, 4) is 11.3 Å². The van der Waals surface area contributed by atoms with Crippen molar-refractivity contribution in [3.63, 3.8) is 0 Å². The van der Waals surface area contributed by atoms with Crippen LogP contribution in [-0.4, -0.2) is 21.3 Å². The average Bonchev–Trinajstić information content (AvgIpc) is 3.02. The molecule has 1 amide bonds. The molecule has 0 bridgehead atoms. The van der Waals surface area contributed by atoms with Gasteiger partial charge in [-0.3, -0.25) is 4.79 Å². The summed E-state index contributed by atoms with van der Waals surface area (Å²) >= 11 is 1.32. The van der Waals surface area contributed by atoms with Crippen LogP contribution in [0.5, 0.6) is 0 Å². The minimum Gasteiger partial charge on any atom is -0.349 e. The second-order valence-electron chi connectivity index (χ2n) is 5.67. The molecular weight excluding hydrogens is 332 g/mol. The van der Waals surface area contributed by atoms with Crippen LogP contribution in [-0.2, 0) is 4.79 Å². The van der Waals surface area contributed by atoms with Crippen molar-refractivity contribution in [1.29, 1.82) is 0 Å². The van der Waals surface area contributed by atoms with Gasteiger partial charge in [0.2, 0.25) is 5.91 Å². The number of hydrogen-bond acceptors (Lipinski definition) is 4. The first-order chi connectivity index (χ1) is 12.1. The molecule has 1 unspecified atom stereocenters. The summed E-state index contributed by atoms with van der Waals surface area (Å²) in [4.78, 5) is 16.7. The van der Waals surface area contributed by atoms with Crippen LogP contribution in [0, 0.1) is 0 Å². The van der Waals surface area contributed by atoms with Crippen LogP contribution in [0.25, 0.3) is 11.3 Å². The Labute approximate surface area is 151 Å². The van der Waals surface area contributed by atoms with Gasteiger partial charge in [0.1, 0.15) is 0 Å². The molecule has 0 saturated heterocycles. The molecule has 1 heterocycles. The Morgan fingerprint density at radius 2 is 1.80 bits per heavy atom. The van der Waals surface area contributed by atoms with Gasteiger partial charge in [0.15, 0.2) is 5.16 Å². The number of hydrogen-bond donors (Lipinski definition) is 2. The zero-order chi connectivity index (χ0) is 17.6. The van der Waals surface area contributed by atoms with Crippen LogP contribution in [0.2, 0.25) is 0 Å². The van der Waals surface area contributed by atoms with Crippen LogP contribution in [0.1, 0.15) is 18.5 Å². The van der Waals surface area contributed by atoms with E-state index in [4.69, 9.17) is 5.84 Å². The van der Waals surface area contributed by atoms with Gasteiger partial charge in [-0.1, -0.05) is 72.4 Å². The van der Waals surface area contributed by atoms with E-state index in [1.54, 1.807) is 6.20 Å². The molecule has 3 rings (SSSR count). The number of aromatic nitrogens is 2. The summed E-state index contributed by atoms with van der Waals surface area (Å²) in [6.45, 7) is 1.97. The fraction of sp³-hybridized carbons (Fsp3) is 0.158. The second-order valence-corrected chi connectivity index (χ2v) is 6.61. The van der Waals surface area contributed by atoms with Gasteiger partial charge < -0.3 is 11.2 Å². The highest BCUT2D eigenvalue weighted by molar-refractivity contribution is 7.99. The van der Waals surface area contributed by atoms with Crippen molar-refractivity contribution >= 4 is 17.7 Å². The summed E-state index contributed by atoms with van der Waals surface area (Å²) in [5, 5.41) is 3.60. The highest BCUT2D eigenvalue weighted by atomic mass is 32.2. The molecule has 2 aromatic carbocycles. The van der Waals surface area contributed by atoms with Crippen LogP contribution in [0.15, 0.2) is 72.0 Å². The standard InChI is InChI=1S/C19H20N4OS/c1-14(15-8-4-2-5-9-15)21-18(24)13-25-19-22-17(12-23(19)20)16-10-6-3-7-11-16/h2-12,14H,13,20H2,1H3,(H,21,24). The normalized spacial score (nSPS) is 11.9. The van der Waals surface area contributed by atoms with Crippen molar-refractivity contribution in [1.82, 2.24) is 15.0 Å². The number of nitrogens with two attached hydrogens (primary N) is 1. The third-order valence-electron chi connectivity index (χ3n) is 3.78. The number of amides is 1. The molecule has 0 aliphatic heterocycles. The number of thioether (sulfide) groups is 1. The molecule has 128 valence electrons. The van der Waals surface area contributed by atoms with Gasteiger partial charge in [-0.15, -0.1) is 0 Å². The predicted molar refractivity (Wildman–Crippen MR) is 102 cm³/mol. The molecule has 6 heteroatoms. The van der Waals surface area contributed by atoms with Crippen LogP contribution >= 0.6 is 11.8 Å². The van der Waals surface area contributed by atoms with E-state index in [2.05, 4.69) is 10.3 Å². The quantitative estimate of drug-likeness (QED) is 0.528. The van der Waals surface area contributed by atoms with Crippen LogP contribution in [0.4, 0.5) is 0 Å². The minimum atomic E-state index is -0.0504. The second kappa shape index (κ2) is 7.90. The predicted octanol–water partition coefficient (Wildman–Crippen LogP) is 3.23. The Bertz CT molecular complexity index is 833. The number of carbonyl (C=O) groups is 1. The molecule has 0 fully saturated rings. The molecule has 0 saturated carbocycles. The lowest BCUT2D eigenvalue weighted by Crippen LogP contribution is -2.28. The number of nitrogens with one attached hydrogen (secondary N) is 1. The van der Waals surface area contributed by atoms with Crippen molar-refractivity contribution < 1.29 is 4.79 Å². The molecular formula is C19H20N4OS. The summed E-state index contributed by atoms with van der Waals surface area (Å²) in [6, 6.07) is 19.7. The first-order valence-corrected chi connectivity index (χ1v) is 8.99. The van der Waals surface area contributed by atoms with Gasteiger partial charge in [0.05, 0.1) is 23.7 Å². The Morgan fingerprint density at radius 3 is 2.48 bits per heavy atom. The maximum absolute atomic E-state index is 12.2. The van der Waals surface area contributed by atoms with E-state index in [1.807, 2.05) is 67.6 Å². The number of imidazole rings is 1. The van der Waals surface area contributed by atoms with E-state index in [-0.39, 0.29) is 17.7 Å². The summed E-state index contributed by atoms with van der Waals surface area (Å²) in [5.41, 5.74) is 2.87. The third-order valence-corrected chi connectivity index (χ3v) is 4.74. The lowest BCUT2D eigenvalue weighted by atomic mass is 10.1. The van der Waals surface area contributed by atoms with Gasteiger partial charge in [0.25, 0.3) is 0 Å². The zero-order valence-corrected chi connectivity index (χ0v) is 14.7. The molecule has 1 atom stereocenters. The molecule has 3 N–H and O–H groups in total. The Balaban J connectivity index is 1.58. The van der Waals surface area contributed by atoms with Crippen molar-refractivity contribution in [2.24, 2.45) is 0 Å². The number of benzene rings is 2. The number of nitrogens with zero attached hydrogens (tertiary/aromatic N) is 2.